The van der Waals surface area contributed by atoms with Crippen molar-refractivity contribution in [2.75, 3.05) is 6.54 Å². The minimum absolute atomic E-state index is 0.0650. The van der Waals surface area contributed by atoms with Crippen LogP contribution in [0.1, 0.15) is 38.5 Å². The van der Waals surface area contributed by atoms with Crippen molar-refractivity contribution < 1.29 is 9.18 Å². The molecule has 0 heterocycles. The second kappa shape index (κ2) is 3.28. The summed E-state index contributed by atoms with van der Waals surface area (Å²) in [5, 5.41) is 2.71. The highest BCUT2D eigenvalue weighted by atomic mass is 19.1. The Hall–Kier alpha value is -0.600. The van der Waals surface area contributed by atoms with Gasteiger partial charge in [-0.2, -0.15) is 0 Å². The van der Waals surface area contributed by atoms with E-state index in [0.717, 1.165) is 25.7 Å². The van der Waals surface area contributed by atoms with E-state index in [2.05, 4.69) is 5.32 Å². The SMILES string of the molecule is O=C(NCC1(F)CCC1)C1CCC1. The molecule has 0 atom stereocenters. The van der Waals surface area contributed by atoms with Crippen molar-refractivity contribution in [3.05, 3.63) is 0 Å². The fraction of sp³-hybridized carbons (Fsp3) is 0.900. The van der Waals surface area contributed by atoms with E-state index in [4.69, 9.17) is 0 Å². The Morgan fingerprint density at radius 3 is 2.46 bits per heavy atom. The first-order valence-corrected chi connectivity index (χ1v) is 5.16. The van der Waals surface area contributed by atoms with Gasteiger partial charge in [-0.1, -0.05) is 6.42 Å². The number of halogens is 1. The van der Waals surface area contributed by atoms with Crippen LogP contribution in [-0.2, 0) is 4.79 Å². The van der Waals surface area contributed by atoms with Crippen molar-refractivity contribution in [2.45, 2.75) is 44.2 Å². The minimum atomic E-state index is -1.07. The molecule has 74 valence electrons. The van der Waals surface area contributed by atoms with Gasteiger partial charge in [0, 0.05) is 5.92 Å². The van der Waals surface area contributed by atoms with Crippen LogP contribution in [0, 0.1) is 5.92 Å². The van der Waals surface area contributed by atoms with Crippen molar-refractivity contribution in [1.82, 2.24) is 5.32 Å². The second-order valence-electron chi connectivity index (χ2n) is 4.35. The maximum atomic E-state index is 13.4. The molecule has 0 aromatic rings. The minimum Gasteiger partial charge on any atom is -0.353 e. The van der Waals surface area contributed by atoms with Gasteiger partial charge in [-0.15, -0.1) is 0 Å². The molecule has 2 rings (SSSR count). The van der Waals surface area contributed by atoms with E-state index in [9.17, 15) is 9.18 Å². The van der Waals surface area contributed by atoms with Gasteiger partial charge >= 0.3 is 0 Å². The van der Waals surface area contributed by atoms with E-state index in [1.807, 2.05) is 0 Å². The summed E-state index contributed by atoms with van der Waals surface area (Å²) in [7, 11) is 0. The third kappa shape index (κ3) is 1.84. The van der Waals surface area contributed by atoms with Crippen LogP contribution < -0.4 is 5.32 Å². The van der Waals surface area contributed by atoms with Crippen LogP contribution in [0.4, 0.5) is 4.39 Å². The zero-order valence-electron chi connectivity index (χ0n) is 7.81. The Bertz CT molecular complexity index is 209. The normalized spacial score (nSPS) is 25.9. The second-order valence-corrected chi connectivity index (χ2v) is 4.35. The molecule has 1 N–H and O–H groups in total. The van der Waals surface area contributed by atoms with Gasteiger partial charge in [0.25, 0.3) is 0 Å². The Morgan fingerprint density at radius 1 is 1.38 bits per heavy atom. The van der Waals surface area contributed by atoms with Crippen molar-refractivity contribution in [3.63, 3.8) is 0 Å². The number of amides is 1. The molecular weight excluding hydrogens is 169 g/mol. The Balaban J connectivity index is 1.69. The van der Waals surface area contributed by atoms with Gasteiger partial charge in [0.2, 0.25) is 5.91 Å². The fourth-order valence-electron chi connectivity index (χ4n) is 1.80. The third-order valence-electron chi connectivity index (χ3n) is 3.31. The molecule has 2 saturated carbocycles. The lowest BCUT2D eigenvalue weighted by molar-refractivity contribution is -0.128. The van der Waals surface area contributed by atoms with Crippen LogP contribution in [0.5, 0.6) is 0 Å². The van der Waals surface area contributed by atoms with Crippen molar-refractivity contribution >= 4 is 5.91 Å². The number of carbonyl (C=O) groups excluding carboxylic acids is 1. The third-order valence-corrected chi connectivity index (χ3v) is 3.31. The molecule has 2 fully saturated rings. The topological polar surface area (TPSA) is 29.1 Å². The van der Waals surface area contributed by atoms with Crippen LogP contribution in [0.25, 0.3) is 0 Å². The van der Waals surface area contributed by atoms with Gasteiger partial charge in [-0.25, -0.2) is 4.39 Å². The molecule has 0 aromatic heterocycles. The summed E-state index contributed by atoms with van der Waals surface area (Å²) >= 11 is 0. The predicted molar refractivity (Wildman–Crippen MR) is 48.0 cm³/mol. The first-order chi connectivity index (χ1) is 6.20. The zero-order chi connectivity index (χ0) is 9.31. The number of hydrogen-bond donors (Lipinski definition) is 1. The molecule has 0 aliphatic heterocycles. The number of rotatable bonds is 3. The summed E-state index contributed by atoms with van der Waals surface area (Å²) in [4.78, 5) is 11.3. The van der Waals surface area contributed by atoms with Crippen molar-refractivity contribution in [3.8, 4) is 0 Å². The number of alkyl halides is 1. The van der Waals surface area contributed by atoms with E-state index in [0.29, 0.717) is 12.8 Å². The molecule has 0 unspecified atom stereocenters. The Morgan fingerprint density at radius 2 is 2.08 bits per heavy atom. The van der Waals surface area contributed by atoms with Crippen LogP contribution in [-0.4, -0.2) is 18.1 Å². The molecule has 0 radical (unpaired) electrons. The molecule has 0 bridgehead atoms. The molecule has 1 amide bonds. The van der Waals surface area contributed by atoms with E-state index in [1.54, 1.807) is 0 Å². The molecule has 13 heavy (non-hydrogen) atoms. The molecule has 2 nitrogen and oxygen atoms in total. The molecule has 2 aliphatic rings. The van der Waals surface area contributed by atoms with Crippen LogP contribution >= 0.6 is 0 Å². The summed E-state index contributed by atoms with van der Waals surface area (Å²) in [6.45, 7) is 0.238. The highest BCUT2D eigenvalue weighted by Crippen LogP contribution is 2.35. The van der Waals surface area contributed by atoms with E-state index < -0.39 is 5.67 Å². The standard InChI is InChI=1S/C10H16FNO/c11-10(5-2-6-10)7-12-9(13)8-3-1-4-8/h8H,1-7H2,(H,12,13). The lowest BCUT2D eigenvalue weighted by Crippen LogP contribution is -2.46. The quantitative estimate of drug-likeness (QED) is 0.713. The van der Waals surface area contributed by atoms with E-state index in [1.165, 1.54) is 0 Å². The van der Waals surface area contributed by atoms with Gasteiger partial charge in [-0.3, -0.25) is 4.79 Å². The molecule has 0 aromatic carbocycles. The summed E-state index contributed by atoms with van der Waals surface area (Å²) in [5.74, 6) is 0.249. The lowest BCUT2D eigenvalue weighted by atomic mass is 9.81. The molecule has 2 aliphatic carbocycles. The van der Waals surface area contributed by atoms with Gasteiger partial charge < -0.3 is 5.32 Å². The van der Waals surface area contributed by atoms with E-state index in [-0.39, 0.29) is 18.4 Å². The highest BCUT2D eigenvalue weighted by Gasteiger charge is 2.37. The number of nitrogens with one attached hydrogen (secondary N) is 1. The first-order valence-electron chi connectivity index (χ1n) is 5.16. The van der Waals surface area contributed by atoms with Crippen LogP contribution in [0.3, 0.4) is 0 Å². The Kier molecular flexibility index (Phi) is 2.26. The summed E-state index contributed by atoms with van der Waals surface area (Å²) in [6.07, 6.45) is 5.35. The average Bonchev–Trinajstić information content (AvgIpc) is 1.94. The van der Waals surface area contributed by atoms with Crippen LogP contribution in [0.2, 0.25) is 0 Å². The first kappa shape index (κ1) is 8.97. The van der Waals surface area contributed by atoms with Crippen molar-refractivity contribution in [2.24, 2.45) is 5.92 Å². The van der Waals surface area contributed by atoms with Gasteiger partial charge in [0.1, 0.15) is 5.67 Å². The van der Waals surface area contributed by atoms with Gasteiger partial charge in [0.05, 0.1) is 6.54 Å². The monoisotopic (exact) mass is 185 g/mol. The Labute approximate surface area is 77.9 Å². The molecule has 0 spiro atoms. The van der Waals surface area contributed by atoms with Gasteiger partial charge in [0.15, 0.2) is 0 Å². The molecular formula is C10H16FNO. The number of hydrogen-bond acceptors (Lipinski definition) is 1. The van der Waals surface area contributed by atoms with Gasteiger partial charge in [-0.05, 0) is 32.1 Å². The average molecular weight is 185 g/mol. The molecule has 3 heteroatoms. The summed E-state index contributed by atoms with van der Waals surface area (Å²) < 4.78 is 13.4. The summed E-state index contributed by atoms with van der Waals surface area (Å²) in [5.41, 5.74) is -1.07. The maximum Gasteiger partial charge on any atom is 0.223 e. The number of carbonyl (C=O) groups is 1. The zero-order valence-corrected chi connectivity index (χ0v) is 7.81. The fourth-order valence-corrected chi connectivity index (χ4v) is 1.80. The predicted octanol–water partition coefficient (Wildman–Crippen LogP) is 1.79. The smallest absolute Gasteiger partial charge is 0.223 e. The molecule has 0 saturated heterocycles. The summed E-state index contributed by atoms with van der Waals surface area (Å²) in [6, 6.07) is 0. The van der Waals surface area contributed by atoms with Crippen LogP contribution in [0.15, 0.2) is 0 Å². The lowest BCUT2D eigenvalue weighted by Gasteiger charge is -2.35. The van der Waals surface area contributed by atoms with E-state index >= 15 is 0 Å². The highest BCUT2D eigenvalue weighted by molar-refractivity contribution is 5.79. The maximum absolute atomic E-state index is 13.4. The largest absolute Gasteiger partial charge is 0.353 e. The van der Waals surface area contributed by atoms with Crippen molar-refractivity contribution in [1.29, 1.82) is 0 Å².